The van der Waals surface area contributed by atoms with Crippen molar-refractivity contribution in [2.24, 2.45) is 0 Å². The van der Waals surface area contributed by atoms with Crippen LogP contribution in [0.15, 0.2) is 40.9 Å². The van der Waals surface area contributed by atoms with Crippen LogP contribution in [0.5, 0.6) is 0 Å². The summed E-state index contributed by atoms with van der Waals surface area (Å²) in [6.07, 6.45) is 0. The second-order valence-corrected chi connectivity index (χ2v) is 5.34. The van der Waals surface area contributed by atoms with Gasteiger partial charge in [-0.2, -0.15) is 0 Å². The van der Waals surface area contributed by atoms with Crippen molar-refractivity contribution in [3.05, 3.63) is 69.2 Å². The van der Waals surface area contributed by atoms with E-state index in [1.54, 1.807) is 13.1 Å². The SMILES string of the molecule is CNC(c1cc(F)cc(Br)c1)c1ccc(F)cc1C. The van der Waals surface area contributed by atoms with Gasteiger partial charge in [-0.05, 0) is 61.0 Å². The largest absolute Gasteiger partial charge is 0.309 e. The van der Waals surface area contributed by atoms with Crippen LogP contribution in [0.3, 0.4) is 0 Å². The topological polar surface area (TPSA) is 12.0 Å². The summed E-state index contributed by atoms with van der Waals surface area (Å²) >= 11 is 3.29. The molecule has 2 rings (SSSR count). The van der Waals surface area contributed by atoms with Gasteiger partial charge in [-0.1, -0.05) is 22.0 Å². The highest BCUT2D eigenvalue weighted by Crippen LogP contribution is 2.27. The normalized spacial score (nSPS) is 12.5. The Kier molecular flexibility index (Phi) is 4.32. The molecule has 0 aliphatic rings. The van der Waals surface area contributed by atoms with Gasteiger partial charge in [-0.15, -0.1) is 0 Å². The van der Waals surface area contributed by atoms with Crippen LogP contribution in [-0.2, 0) is 0 Å². The maximum Gasteiger partial charge on any atom is 0.124 e. The van der Waals surface area contributed by atoms with Gasteiger partial charge >= 0.3 is 0 Å². The van der Waals surface area contributed by atoms with E-state index in [-0.39, 0.29) is 17.7 Å². The van der Waals surface area contributed by atoms with Gasteiger partial charge in [0.1, 0.15) is 11.6 Å². The Labute approximate surface area is 119 Å². The molecule has 0 heterocycles. The van der Waals surface area contributed by atoms with Crippen molar-refractivity contribution in [3.63, 3.8) is 0 Å². The first-order valence-electron chi connectivity index (χ1n) is 5.90. The molecule has 100 valence electrons. The number of rotatable bonds is 3. The molecule has 0 bridgehead atoms. The summed E-state index contributed by atoms with van der Waals surface area (Å²) < 4.78 is 27.3. The van der Waals surface area contributed by atoms with E-state index in [9.17, 15) is 8.78 Å². The third-order valence-corrected chi connectivity index (χ3v) is 3.51. The second-order valence-electron chi connectivity index (χ2n) is 4.43. The van der Waals surface area contributed by atoms with Crippen molar-refractivity contribution in [1.82, 2.24) is 5.32 Å². The molecule has 0 saturated carbocycles. The van der Waals surface area contributed by atoms with Crippen molar-refractivity contribution >= 4 is 15.9 Å². The van der Waals surface area contributed by atoms with Crippen LogP contribution in [0.4, 0.5) is 8.78 Å². The average molecular weight is 326 g/mol. The standard InChI is InChI=1S/C15H14BrF2N/c1-9-5-12(17)3-4-14(9)15(19-2)10-6-11(16)8-13(18)7-10/h3-8,15,19H,1-2H3. The van der Waals surface area contributed by atoms with Gasteiger partial charge in [-0.25, -0.2) is 8.78 Å². The lowest BCUT2D eigenvalue weighted by molar-refractivity contribution is 0.610. The van der Waals surface area contributed by atoms with Crippen molar-refractivity contribution in [1.29, 1.82) is 0 Å². The molecular weight excluding hydrogens is 312 g/mol. The lowest BCUT2D eigenvalue weighted by Gasteiger charge is -2.20. The van der Waals surface area contributed by atoms with E-state index in [0.29, 0.717) is 4.47 Å². The summed E-state index contributed by atoms with van der Waals surface area (Å²) in [6, 6.07) is 9.20. The van der Waals surface area contributed by atoms with Gasteiger partial charge in [0.2, 0.25) is 0 Å². The Morgan fingerprint density at radius 1 is 1.05 bits per heavy atom. The summed E-state index contributed by atoms with van der Waals surface area (Å²) in [5.41, 5.74) is 2.56. The predicted molar refractivity (Wildman–Crippen MR) is 76.1 cm³/mol. The Balaban J connectivity index is 2.49. The highest BCUT2D eigenvalue weighted by atomic mass is 79.9. The Hall–Kier alpha value is -1.26. The summed E-state index contributed by atoms with van der Waals surface area (Å²) in [5, 5.41) is 3.14. The van der Waals surface area contributed by atoms with Crippen LogP contribution in [0.25, 0.3) is 0 Å². The zero-order valence-corrected chi connectivity index (χ0v) is 12.3. The minimum absolute atomic E-state index is 0.174. The minimum Gasteiger partial charge on any atom is -0.309 e. The molecule has 4 heteroatoms. The van der Waals surface area contributed by atoms with Gasteiger partial charge < -0.3 is 5.32 Å². The van der Waals surface area contributed by atoms with Crippen LogP contribution in [0, 0.1) is 18.6 Å². The number of hydrogen-bond acceptors (Lipinski definition) is 1. The molecule has 0 radical (unpaired) electrons. The molecule has 0 saturated heterocycles. The molecule has 0 aliphatic carbocycles. The van der Waals surface area contributed by atoms with Crippen LogP contribution in [0.2, 0.25) is 0 Å². The van der Waals surface area contributed by atoms with E-state index in [1.807, 2.05) is 13.0 Å². The molecule has 19 heavy (non-hydrogen) atoms. The maximum atomic E-state index is 13.5. The predicted octanol–water partition coefficient (Wildman–Crippen LogP) is 4.34. The van der Waals surface area contributed by atoms with Gasteiger partial charge in [0.05, 0.1) is 6.04 Å². The zero-order valence-electron chi connectivity index (χ0n) is 10.7. The van der Waals surface area contributed by atoms with E-state index < -0.39 is 0 Å². The molecule has 0 aliphatic heterocycles. The van der Waals surface area contributed by atoms with Crippen LogP contribution >= 0.6 is 15.9 Å². The number of aryl methyl sites for hydroxylation is 1. The third kappa shape index (κ3) is 3.19. The van der Waals surface area contributed by atoms with Crippen LogP contribution in [-0.4, -0.2) is 7.05 Å². The molecule has 0 amide bonds. The smallest absolute Gasteiger partial charge is 0.124 e. The quantitative estimate of drug-likeness (QED) is 0.884. The van der Waals surface area contributed by atoms with Crippen LogP contribution in [0.1, 0.15) is 22.7 Å². The molecule has 0 aromatic heterocycles. The highest BCUT2D eigenvalue weighted by Gasteiger charge is 2.16. The third-order valence-electron chi connectivity index (χ3n) is 3.05. The van der Waals surface area contributed by atoms with E-state index in [1.165, 1.54) is 24.3 Å². The van der Waals surface area contributed by atoms with E-state index in [2.05, 4.69) is 21.2 Å². The molecule has 1 atom stereocenters. The van der Waals surface area contributed by atoms with Crippen molar-refractivity contribution in [2.75, 3.05) is 7.05 Å². The number of nitrogens with one attached hydrogen (secondary N) is 1. The van der Waals surface area contributed by atoms with E-state index >= 15 is 0 Å². The molecule has 0 fully saturated rings. The van der Waals surface area contributed by atoms with Crippen molar-refractivity contribution in [3.8, 4) is 0 Å². The molecule has 1 nitrogen and oxygen atoms in total. The number of benzene rings is 2. The summed E-state index contributed by atoms with van der Waals surface area (Å²) in [5.74, 6) is -0.569. The van der Waals surface area contributed by atoms with E-state index in [4.69, 9.17) is 0 Å². The second kappa shape index (κ2) is 5.80. The number of hydrogen-bond donors (Lipinski definition) is 1. The van der Waals surface area contributed by atoms with Crippen molar-refractivity contribution < 1.29 is 8.78 Å². The lowest BCUT2D eigenvalue weighted by Crippen LogP contribution is -2.19. The first-order valence-corrected chi connectivity index (χ1v) is 6.70. The molecule has 0 spiro atoms. The summed E-state index contributed by atoms with van der Waals surface area (Å²) in [4.78, 5) is 0. The van der Waals surface area contributed by atoms with Gasteiger partial charge in [-0.3, -0.25) is 0 Å². The Morgan fingerprint density at radius 3 is 2.37 bits per heavy atom. The fourth-order valence-electron chi connectivity index (χ4n) is 2.21. The Bertz CT molecular complexity index is 578. The first-order chi connectivity index (χ1) is 9.01. The number of halogens is 3. The summed E-state index contributed by atoms with van der Waals surface area (Å²) in [6.45, 7) is 1.84. The fraction of sp³-hybridized carbons (Fsp3) is 0.200. The zero-order chi connectivity index (χ0) is 14.0. The fourth-order valence-corrected chi connectivity index (χ4v) is 2.69. The minimum atomic E-state index is -0.301. The highest BCUT2D eigenvalue weighted by molar-refractivity contribution is 9.10. The van der Waals surface area contributed by atoms with Crippen molar-refractivity contribution in [2.45, 2.75) is 13.0 Å². The molecule has 1 N–H and O–H groups in total. The molecule has 1 unspecified atom stereocenters. The maximum absolute atomic E-state index is 13.5. The van der Waals surface area contributed by atoms with Gasteiger partial charge in [0.25, 0.3) is 0 Å². The van der Waals surface area contributed by atoms with Crippen LogP contribution < -0.4 is 5.32 Å². The summed E-state index contributed by atoms with van der Waals surface area (Å²) in [7, 11) is 1.80. The Morgan fingerprint density at radius 2 is 1.79 bits per heavy atom. The average Bonchev–Trinajstić information content (AvgIpc) is 2.31. The van der Waals surface area contributed by atoms with E-state index in [0.717, 1.165) is 16.7 Å². The molecule has 2 aromatic carbocycles. The first kappa shape index (κ1) is 14.2. The molecular formula is C15H14BrF2N. The van der Waals surface area contributed by atoms with Gasteiger partial charge in [0, 0.05) is 4.47 Å². The lowest BCUT2D eigenvalue weighted by atomic mass is 9.95. The van der Waals surface area contributed by atoms with Gasteiger partial charge in [0.15, 0.2) is 0 Å². The monoisotopic (exact) mass is 325 g/mol. The molecule has 2 aromatic rings.